The molecule has 0 aromatic carbocycles. The smallest absolute Gasteiger partial charge is 0.225 e. The third-order valence-corrected chi connectivity index (χ3v) is 4.29. The van der Waals surface area contributed by atoms with Gasteiger partial charge >= 0.3 is 0 Å². The van der Waals surface area contributed by atoms with Crippen LogP contribution in [-0.4, -0.2) is 61.8 Å². The van der Waals surface area contributed by atoms with Crippen LogP contribution in [0.25, 0.3) is 0 Å². The van der Waals surface area contributed by atoms with Gasteiger partial charge in [0.05, 0.1) is 19.1 Å². The van der Waals surface area contributed by atoms with Gasteiger partial charge in [-0.1, -0.05) is 0 Å². The first-order chi connectivity index (χ1) is 9.33. The Hall–Kier alpha value is -0.650. The average Bonchev–Trinajstić information content (AvgIpc) is 3.14. The first-order valence-corrected chi connectivity index (χ1v) is 7.68. The van der Waals surface area contributed by atoms with Crippen molar-refractivity contribution in [2.75, 3.05) is 32.8 Å². The number of nitrogens with zero attached hydrogens (tertiary/aromatic N) is 1. The first kappa shape index (κ1) is 13.3. The van der Waals surface area contributed by atoms with Gasteiger partial charge < -0.3 is 20.3 Å². The van der Waals surface area contributed by atoms with E-state index in [1.165, 1.54) is 25.7 Å². The summed E-state index contributed by atoms with van der Waals surface area (Å²) in [5.74, 6) is 0.282. The van der Waals surface area contributed by atoms with Crippen LogP contribution in [-0.2, 0) is 9.53 Å². The Bertz CT molecular complexity index is 308. The summed E-state index contributed by atoms with van der Waals surface area (Å²) in [7, 11) is 0. The third kappa shape index (κ3) is 3.68. The van der Waals surface area contributed by atoms with Crippen molar-refractivity contribution in [3.63, 3.8) is 0 Å². The van der Waals surface area contributed by atoms with Gasteiger partial charge in [0.2, 0.25) is 5.91 Å². The number of nitrogens with one attached hydrogen (secondary N) is 2. The molecule has 108 valence electrons. The Morgan fingerprint density at radius 2 is 2.16 bits per heavy atom. The molecule has 0 aromatic heterocycles. The number of hydrogen-bond acceptors (Lipinski definition) is 4. The maximum atomic E-state index is 12.5. The molecule has 1 saturated carbocycles. The van der Waals surface area contributed by atoms with Crippen LogP contribution in [0.15, 0.2) is 0 Å². The fraction of sp³-hybridized carbons (Fsp3) is 0.929. The maximum absolute atomic E-state index is 12.5. The van der Waals surface area contributed by atoms with Crippen molar-refractivity contribution >= 4 is 5.91 Å². The average molecular weight is 267 g/mol. The number of carbonyl (C=O) groups excluding carboxylic acids is 1. The molecule has 1 aliphatic carbocycles. The largest absolute Gasteiger partial charge is 0.375 e. The fourth-order valence-electron chi connectivity index (χ4n) is 3.05. The molecular formula is C14H25N3O2. The summed E-state index contributed by atoms with van der Waals surface area (Å²) in [6, 6.07) is 1.02. The lowest BCUT2D eigenvalue weighted by molar-refractivity contribution is -0.135. The lowest BCUT2D eigenvalue weighted by Crippen LogP contribution is -2.46. The number of amides is 1. The molecule has 2 heterocycles. The topological polar surface area (TPSA) is 53.6 Å². The molecule has 2 aliphatic heterocycles. The molecule has 0 aromatic rings. The Labute approximate surface area is 115 Å². The van der Waals surface area contributed by atoms with E-state index in [-0.39, 0.29) is 12.0 Å². The van der Waals surface area contributed by atoms with E-state index in [2.05, 4.69) is 15.5 Å². The highest BCUT2D eigenvalue weighted by Gasteiger charge is 2.35. The summed E-state index contributed by atoms with van der Waals surface area (Å²) < 4.78 is 5.64. The molecule has 0 bridgehead atoms. The zero-order valence-corrected chi connectivity index (χ0v) is 11.6. The van der Waals surface area contributed by atoms with Crippen molar-refractivity contribution in [2.24, 2.45) is 0 Å². The minimum atomic E-state index is 0.0686. The van der Waals surface area contributed by atoms with Gasteiger partial charge in [-0.25, -0.2) is 0 Å². The van der Waals surface area contributed by atoms with Crippen LogP contribution in [0.4, 0.5) is 0 Å². The quantitative estimate of drug-likeness (QED) is 0.742. The number of ether oxygens (including phenoxy) is 1. The minimum Gasteiger partial charge on any atom is -0.375 e. The SMILES string of the molecule is O=C(CC1CNCCO1)N(CC1CCCN1)C1CC1. The maximum Gasteiger partial charge on any atom is 0.225 e. The van der Waals surface area contributed by atoms with Crippen LogP contribution in [0.2, 0.25) is 0 Å². The minimum absolute atomic E-state index is 0.0686. The third-order valence-electron chi connectivity index (χ3n) is 4.29. The van der Waals surface area contributed by atoms with E-state index in [4.69, 9.17) is 4.74 Å². The second-order valence-corrected chi connectivity index (χ2v) is 5.97. The molecule has 2 unspecified atom stereocenters. The molecular weight excluding hydrogens is 242 g/mol. The van der Waals surface area contributed by atoms with E-state index in [0.29, 0.717) is 18.5 Å². The summed E-state index contributed by atoms with van der Waals surface area (Å²) in [6.07, 6.45) is 5.42. The van der Waals surface area contributed by atoms with Crippen molar-refractivity contribution in [1.29, 1.82) is 0 Å². The van der Waals surface area contributed by atoms with Gasteiger partial charge in [-0.05, 0) is 32.2 Å². The van der Waals surface area contributed by atoms with Crippen molar-refractivity contribution in [1.82, 2.24) is 15.5 Å². The highest BCUT2D eigenvalue weighted by atomic mass is 16.5. The summed E-state index contributed by atoms with van der Waals surface area (Å²) >= 11 is 0. The number of hydrogen-bond donors (Lipinski definition) is 2. The Balaban J connectivity index is 1.51. The second-order valence-electron chi connectivity index (χ2n) is 5.97. The Morgan fingerprint density at radius 3 is 2.79 bits per heavy atom. The predicted molar refractivity (Wildman–Crippen MR) is 73.0 cm³/mol. The molecule has 5 heteroatoms. The molecule has 5 nitrogen and oxygen atoms in total. The standard InChI is InChI=1S/C14H25N3O2/c18-14(8-13-9-15-6-7-19-13)17(12-3-4-12)10-11-2-1-5-16-11/h11-13,15-16H,1-10H2. The van der Waals surface area contributed by atoms with E-state index in [1.54, 1.807) is 0 Å². The summed E-state index contributed by atoms with van der Waals surface area (Å²) in [5, 5.41) is 6.78. The highest BCUT2D eigenvalue weighted by Crippen LogP contribution is 2.28. The lowest BCUT2D eigenvalue weighted by atomic mass is 10.1. The van der Waals surface area contributed by atoms with Gasteiger partial charge in [0.15, 0.2) is 0 Å². The van der Waals surface area contributed by atoms with E-state index in [9.17, 15) is 4.79 Å². The van der Waals surface area contributed by atoms with Gasteiger partial charge in [-0.3, -0.25) is 4.79 Å². The molecule has 3 aliphatic rings. The van der Waals surface area contributed by atoms with Crippen LogP contribution in [0.1, 0.15) is 32.1 Å². The van der Waals surface area contributed by atoms with E-state index >= 15 is 0 Å². The van der Waals surface area contributed by atoms with Crippen molar-refractivity contribution in [3.8, 4) is 0 Å². The van der Waals surface area contributed by atoms with Gasteiger partial charge in [-0.15, -0.1) is 0 Å². The van der Waals surface area contributed by atoms with Gasteiger partial charge in [0.25, 0.3) is 0 Å². The zero-order chi connectivity index (χ0) is 13.1. The molecule has 0 radical (unpaired) electrons. The van der Waals surface area contributed by atoms with Crippen LogP contribution in [0, 0.1) is 0 Å². The predicted octanol–water partition coefficient (Wildman–Crippen LogP) is 0.108. The van der Waals surface area contributed by atoms with Gasteiger partial charge in [0.1, 0.15) is 0 Å². The molecule has 2 N–H and O–H groups in total. The van der Waals surface area contributed by atoms with E-state index in [0.717, 1.165) is 32.8 Å². The molecule has 0 spiro atoms. The summed E-state index contributed by atoms with van der Waals surface area (Å²) in [6.45, 7) is 4.44. The van der Waals surface area contributed by atoms with Crippen molar-refractivity contribution in [3.05, 3.63) is 0 Å². The molecule has 19 heavy (non-hydrogen) atoms. The number of morpholine rings is 1. The molecule has 2 saturated heterocycles. The van der Waals surface area contributed by atoms with E-state index in [1.807, 2.05) is 0 Å². The van der Waals surface area contributed by atoms with Crippen LogP contribution in [0.3, 0.4) is 0 Å². The molecule has 1 amide bonds. The molecule has 3 rings (SSSR count). The number of rotatable bonds is 5. The van der Waals surface area contributed by atoms with Gasteiger partial charge in [0, 0.05) is 31.7 Å². The molecule has 2 atom stereocenters. The van der Waals surface area contributed by atoms with Crippen LogP contribution >= 0.6 is 0 Å². The van der Waals surface area contributed by atoms with Crippen molar-refractivity contribution < 1.29 is 9.53 Å². The van der Waals surface area contributed by atoms with Crippen molar-refractivity contribution in [2.45, 2.75) is 50.3 Å². The normalized spacial score (nSPS) is 31.4. The fourth-order valence-corrected chi connectivity index (χ4v) is 3.05. The highest BCUT2D eigenvalue weighted by molar-refractivity contribution is 5.77. The number of carbonyl (C=O) groups is 1. The van der Waals surface area contributed by atoms with Crippen LogP contribution < -0.4 is 10.6 Å². The summed E-state index contributed by atoms with van der Waals surface area (Å²) in [5.41, 5.74) is 0. The van der Waals surface area contributed by atoms with E-state index < -0.39 is 0 Å². The van der Waals surface area contributed by atoms with Crippen LogP contribution in [0.5, 0.6) is 0 Å². The Morgan fingerprint density at radius 1 is 1.26 bits per heavy atom. The zero-order valence-electron chi connectivity index (χ0n) is 11.6. The second kappa shape index (κ2) is 6.20. The molecule has 3 fully saturated rings. The summed E-state index contributed by atoms with van der Waals surface area (Å²) in [4.78, 5) is 14.6. The lowest BCUT2D eigenvalue weighted by Gasteiger charge is -2.29. The first-order valence-electron chi connectivity index (χ1n) is 7.68. The van der Waals surface area contributed by atoms with Gasteiger partial charge in [-0.2, -0.15) is 0 Å². The Kier molecular flexibility index (Phi) is 4.35. The monoisotopic (exact) mass is 267 g/mol.